The van der Waals surface area contributed by atoms with Crippen LogP contribution < -0.4 is 0 Å². The fourth-order valence-electron chi connectivity index (χ4n) is 3.94. The molecule has 132 valence electrons. The quantitative estimate of drug-likeness (QED) is 0.857. The molecule has 2 heterocycles. The van der Waals surface area contributed by atoms with Gasteiger partial charge in [-0.05, 0) is 48.9 Å². The van der Waals surface area contributed by atoms with Gasteiger partial charge in [-0.1, -0.05) is 23.2 Å². The SMILES string of the molecule is O=C1CCCN1[C@H]1CCc2n[nH]c(Cc3c(Cl)cc(O)cc3Cl)c2C1. The maximum Gasteiger partial charge on any atom is 0.222 e. The van der Waals surface area contributed by atoms with Crippen molar-refractivity contribution in [2.24, 2.45) is 0 Å². The third-order valence-corrected chi connectivity index (χ3v) is 5.90. The molecule has 2 aliphatic rings. The van der Waals surface area contributed by atoms with E-state index in [0.717, 1.165) is 49.2 Å². The summed E-state index contributed by atoms with van der Waals surface area (Å²) in [5.41, 5.74) is 4.01. The Kier molecular flexibility index (Phi) is 4.38. The summed E-state index contributed by atoms with van der Waals surface area (Å²) >= 11 is 12.5. The number of benzene rings is 1. The number of amides is 1. The number of nitrogens with one attached hydrogen (secondary N) is 1. The van der Waals surface area contributed by atoms with E-state index < -0.39 is 0 Å². The lowest BCUT2D eigenvalue weighted by Gasteiger charge is -2.31. The van der Waals surface area contributed by atoms with Crippen LogP contribution in [0.2, 0.25) is 10.0 Å². The minimum Gasteiger partial charge on any atom is -0.508 e. The van der Waals surface area contributed by atoms with Gasteiger partial charge in [-0.2, -0.15) is 5.10 Å². The normalized spacial score (nSPS) is 20.2. The number of aromatic hydroxyl groups is 1. The number of carbonyl (C=O) groups is 1. The molecule has 0 radical (unpaired) electrons. The number of carbonyl (C=O) groups excluding carboxylic acids is 1. The first-order chi connectivity index (χ1) is 12.0. The molecule has 25 heavy (non-hydrogen) atoms. The summed E-state index contributed by atoms with van der Waals surface area (Å²) in [5, 5.41) is 18.0. The van der Waals surface area contributed by atoms with Crippen LogP contribution in [-0.4, -0.2) is 38.7 Å². The third kappa shape index (κ3) is 3.11. The van der Waals surface area contributed by atoms with Gasteiger partial charge in [0.15, 0.2) is 0 Å². The van der Waals surface area contributed by atoms with Gasteiger partial charge in [0.2, 0.25) is 5.91 Å². The second kappa shape index (κ2) is 6.54. The van der Waals surface area contributed by atoms with Crippen molar-refractivity contribution in [2.45, 2.75) is 44.6 Å². The summed E-state index contributed by atoms with van der Waals surface area (Å²) in [7, 11) is 0. The molecule has 1 amide bonds. The van der Waals surface area contributed by atoms with E-state index >= 15 is 0 Å². The van der Waals surface area contributed by atoms with E-state index in [1.807, 2.05) is 4.90 Å². The number of fused-ring (bicyclic) bond motifs is 1. The minimum absolute atomic E-state index is 0.0537. The van der Waals surface area contributed by atoms with Crippen molar-refractivity contribution < 1.29 is 9.90 Å². The molecule has 2 N–H and O–H groups in total. The average molecular weight is 380 g/mol. The van der Waals surface area contributed by atoms with Gasteiger partial charge >= 0.3 is 0 Å². The van der Waals surface area contributed by atoms with Crippen LogP contribution in [0.5, 0.6) is 5.75 Å². The van der Waals surface area contributed by atoms with Gasteiger partial charge in [0, 0.05) is 41.2 Å². The Hall–Kier alpha value is -1.72. The number of hydrogen-bond donors (Lipinski definition) is 2. The van der Waals surface area contributed by atoms with Crippen LogP contribution in [0.4, 0.5) is 0 Å². The molecule has 1 aliphatic carbocycles. The van der Waals surface area contributed by atoms with Crippen LogP contribution in [0.25, 0.3) is 0 Å². The molecule has 1 aromatic heterocycles. The fourth-order valence-corrected chi connectivity index (χ4v) is 4.54. The van der Waals surface area contributed by atoms with Crippen LogP contribution in [0, 0.1) is 0 Å². The second-order valence-corrected chi connectivity index (χ2v) is 7.59. The molecule has 4 rings (SSSR count). The molecule has 1 atom stereocenters. The third-order valence-electron chi connectivity index (χ3n) is 5.22. The van der Waals surface area contributed by atoms with Crippen LogP contribution >= 0.6 is 23.2 Å². The predicted octanol–water partition coefficient (Wildman–Crippen LogP) is 3.49. The molecule has 0 unspecified atom stereocenters. The van der Waals surface area contributed by atoms with Crippen molar-refractivity contribution in [2.75, 3.05) is 6.54 Å². The number of rotatable bonds is 3. The summed E-state index contributed by atoms with van der Waals surface area (Å²) in [6.45, 7) is 0.863. The average Bonchev–Trinajstić information content (AvgIpc) is 3.16. The van der Waals surface area contributed by atoms with E-state index in [9.17, 15) is 9.90 Å². The Balaban J connectivity index is 1.60. The molecular weight excluding hydrogens is 361 g/mol. The summed E-state index contributed by atoms with van der Waals surface area (Å²) < 4.78 is 0. The zero-order valence-electron chi connectivity index (χ0n) is 13.7. The summed E-state index contributed by atoms with van der Waals surface area (Å²) in [5.74, 6) is 0.320. The number of phenols is 1. The highest BCUT2D eigenvalue weighted by atomic mass is 35.5. The molecule has 5 nitrogen and oxygen atoms in total. The Morgan fingerprint density at radius 2 is 2.04 bits per heavy atom. The smallest absolute Gasteiger partial charge is 0.222 e. The van der Waals surface area contributed by atoms with E-state index in [2.05, 4.69) is 10.2 Å². The topological polar surface area (TPSA) is 69.2 Å². The molecule has 0 spiro atoms. The largest absolute Gasteiger partial charge is 0.508 e. The summed E-state index contributed by atoms with van der Waals surface area (Å²) in [6, 6.07) is 3.25. The van der Waals surface area contributed by atoms with Crippen LogP contribution in [0.1, 0.15) is 41.8 Å². The van der Waals surface area contributed by atoms with E-state index in [-0.39, 0.29) is 17.7 Å². The van der Waals surface area contributed by atoms with Crippen molar-refractivity contribution in [1.82, 2.24) is 15.1 Å². The zero-order chi connectivity index (χ0) is 17.6. The Morgan fingerprint density at radius 1 is 1.28 bits per heavy atom. The van der Waals surface area contributed by atoms with Crippen LogP contribution in [-0.2, 0) is 24.1 Å². The molecule has 7 heteroatoms. The minimum atomic E-state index is 0.0537. The van der Waals surface area contributed by atoms with Gasteiger partial charge in [-0.15, -0.1) is 0 Å². The highest BCUT2D eigenvalue weighted by Gasteiger charge is 2.32. The molecule has 1 aromatic carbocycles. The molecule has 1 fully saturated rings. The maximum absolute atomic E-state index is 12.1. The highest BCUT2D eigenvalue weighted by molar-refractivity contribution is 6.36. The van der Waals surface area contributed by atoms with Gasteiger partial charge in [0.25, 0.3) is 0 Å². The first-order valence-electron chi connectivity index (χ1n) is 8.54. The van der Waals surface area contributed by atoms with Crippen molar-refractivity contribution in [3.05, 3.63) is 44.7 Å². The maximum atomic E-state index is 12.1. The lowest BCUT2D eigenvalue weighted by Crippen LogP contribution is -2.40. The van der Waals surface area contributed by atoms with Gasteiger partial charge in [0.1, 0.15) is 5.75 Å². The zero-order valence-corrected chi connectivity index (χ0v) is 15.2. The summed E-state index contributed by atoms with van der Waals surface area (Å²) in [6.07, 6.45) is 4.81. The van der Waals surface area contributed by atoms with Crippen molar-refractivity contribution in [3.63, 3.8) is 0 Å². The first-order valence-corrected chi connectivity index (χ1v) is 9.30. The van der Waals surface area contributed by atoms with Gasteiger partial charge in [-0.3, -0.25) is 9.89 Å². The Bertz CT molecular complexity index is 811. The van der Waals surface area contributed by atoms with E-state index in [1.54, 1.807) is 0 Å². The second-order valence-electron chi connectivity index (χ2n) is 6.78. The molecule has 0 bridgehead atoms. The monoisotopic (exact) mass is 379 g/mol. The van der Waals surface area contributed by atoms with Gasteiger partial charge in [0.05, 0.1) is 5.69 Å². The van der Waals surface area contributed by atoms with E-state index in [1.165, 1.54) is 17.7 Å². The molecule has 0 saturated carbocycles. The van der Waals surface area contributed by atoms with Crippen molar-refractivity contribution in [1.29, 1.82) is 0 Å². The number of hydrogen-bond acceptors (Lipinski definition) is 3. The van der Waals surface area contributed by atoms with Gasteiger partial charge in [-0.25, -0.2) is 0 Å². The van der Waals surface area contributed by atoms with Crippen LogP contribution in [0.15, 0.2) is 12.1 Å². The number of phenolic OH excluding ortho intramolecular Hbond substituents is 1. The standard InChI is InChI=1S/C18H19Cl2N3O2/c19-14-7-11(24)8-15(20)12(14)9-17-13-6-10(3-4-16(13)21-22-17)23-5-1-2-18(23)25/h7-8,10,24H,1-6,9H2,(H,21,22)/t10-/m0/s1. The first kappa shape index (κ1) is 16.7. The Labute approximate surface area is 155 Å². The molecule has 1 aliphatic heterocycles. The van der Waals surface area contributed by atoms with Crippen LogP contribution in [0.3, 0.4) is 0 Å². The summed E-state index contributed by atoms with van der Waals surface area (Å²) in [4.78, 5) is 14.1. The Morgan fingerprint density at radius 3 is 2.72 bits per heavy atom. The lowest BCUT2D eigenvalue weighted by atomic mass is 9.89. The highest BCUT2D eigenvalue weighted by Crippen LogP contribution is 2.34. The number of H-pyrrole nitrogens is 1. The lowest BCUT2D eigenvalue weighted by molar-refractivity contribution is -0.129. The van der Waals surface area contributed by atoms with Crippen molar-refractivity contribution >= 4 is 29.1 Å². The number of aromatic amines is 1. The molecular formula is C18H19Cl2N3O2. The number of nitrogens with zero attached hydrogens (tertiary/aromatic N) is 2. The van der Waals surface area contributed by atoms with E-state index in [0.29, 0.717) is 22.9 Å². The predicted molar refractivity (Wildman–Crippen MR) is 96.3 cm³/mol. The van der Waals surface area contributed by atoms with E-state index in [4.69, 9.17) is 23.2 Å². The van der Waals surface area contributed by atoms with Crippen molar-refractivity contribution in [3.8, 4) is 5.75 Å². The fraction of sp³-hybridized carbons (Fsp3) is 0.444. The molecule has 1 saturated heterocycles. The van der Waals surface area contributed by atoms with Gasteiger partial charge < -0.3 is 10.0 Å². The number of halogens is 2. The molecule has 2 aromatic rings. The number of aryl methyl sites for hydroxylation is 1. The number of aromatic nitrogens is 2. The number of likely N-dealkylation sites (tertiary alicyclic amines) is 1.